The molecule has 0 radical (unpaired) electrons. The Hall–Kier alpha value is -1.51. The van der Waals surface area contributed by atoms with Crippen molar-refractivity contribution in [2.75, 3.05) is 11.9 Å². The maximum absolute atomic E-state index is 12.0. The minimum absolute atomic E-state index is 0.114. The molecule has 0 atom stereocenters. The van der Waals surface area contributed by atoms with Gasteiger partial charge in [-0.1, -0.05) is 90.4 Å². The molecule has 1 amide bonds. The second-order valence-electron chi connectivity index (χ2n) is 7.85. The molecule has 0 fully saturated rings. The summed E-state index contributed by atoms with van der Waals surface area (Å²) in [6.45, 7) is 4.90. The first kappa shape index (κ1) is 24.5. The van der Waals surface area contributed by atoms with E-state index in [0.29, 0.717) is 13.0 Å². The van der Waals surface area contributed by atoms with Gasteiger partial charge in [0.15, 0.2) is 0 Å². The Morgan fingerprint density at radius 3 is 1.64 bits per heavy atom. The van der Waals surface area contributed by atoms with Crippen molar-refractivity contribution in [3.05, 3.63) is 24.3 Å². The van der Waals surface area contributed by atoms with Crippen LogP contribution in [-0.2, 0) is 4.79 Å². The van der Waals surface area contributed by atoms with Crippen LogP contribution in [0.4, 0.5) is 5.69 Å². The molecule has 28 heavy (non-hydrogen) atoms. The summed E-state index contributed by atoms with van der Waals surface area (Å²) in [6.07, 6.45) is 19.3. The molecule has 0 unspecified atom stereocenters. The fourth-order valence-electron chi connectivity index (χ4n) is 3.50. The number of nitrogens with one attached hydrogen (secondary N) is 1. The highest BCUT2D eigenvalue weighted by Crippen LogP contribution is 2.17. The average Bonchev–Trinajstić information content (AvgIpc) is 2.70. The Kier molecular flexibility index (Phi) is 15.4. The highest BCUT2D eigenvalue weighted by atomic mass is 16.5. The lowest BCUT2D eigenvalue weighted by atomic mass is 10.0. The fourth-order valence-corrected chi connectivity index (χ4v) is 3.50. The molecule has 0 aliphatic heterocycles. The fraction of sp³-hybridized carbons (Fsp3) is 0.720. The van der Waals surface area contributed by atoms with Crippen LogP contribution in [0, 0.1) is 0 Å². The summed E-state index contributed by atoms with van der Waals surface area (Å²) < 4.78 is 5.41. The van der Waals surface area contributed by atoms with Crippen LogP contribution < -0.4 is 10.1 Å². The number of carbonyl (C=O) groups is 1. The highest BCUT2D eigenvalue weighted by Gasteiger charge is 2.03. The van der Waals surface area contributed by atoms with Crippen molar-refractivity contribution in [2.24, 2.45) is 0 Å². The number of hydrogen-bond acceptors (Lipinski definition) is 2. The molecule has 3 heteroatoms. The molecule has 0 spiro atoms. The SMILES string of the molecule is CCCCCCCCCCCCCCCCC(=O)Nc1ccc(OCC)cc1. The van der Waals surface area contributed by atoms with Crippen molar-refractivity contribution in [3.63, 3.8) is 0 Å². The molecular formula is C25H43NO2. The van der Waals surface area contributed by atoms with Gasteiger partial charge in [-0.25, -0.2) is 0 Å². The average molecular weight is 390 g/mol. The molecule has 0 bridgehead atoms. The van der Waals surface area contributed by atoms with E-state index in [1.165, 1.54) is 77.0 Å². The summed E-state index contributed by atoms with van der Waals surface area (Å²) in [4.78, 5) is 12.0. The first-order chi connectivity index (χ1) is 13.8. The second kappa shape index (κ2) is 17.6. The van der Waals surface area contributed by atoms with Crippen molar-refractivity contribution in [3.8, 4) is 5.75 Å². The molecule has 160 valence electrons. The maximum atomic E-state index is 12.0. The molecule has 1 rings (SSSR count). The summed E-state index contributed by atoms with van der Waals surface area (Å²) in [5, 5.41) is 2.96. The zero-order valence-corrected chi connectivity index (χ0v) is 18.4. The minimum atomic E-state index is 0.114. The number of rotatable bonds is 18. The number of benzene rings is 1. The summed E-state index contributed by atoms with van der Waals surface area (Å²) >= 11 is 0. The normalized spacial score (nSPS) is 10.8. The van der Waals surface area contributed by atoms with Gasteiger partial charge < -0.3 is 10.1 Å². The minimum Gasteiger partial charge on any atom is -0.494 e. The van der Waals surface area contributed by atoms with Crippen molar-refractivity contribution < 1.29 is 9.53 Å². The van der Waals surface area contributed by atoms with E-state index in [2.05, 4.69) is 12.2 Å². The number of carbonyl (C=O) groups excluding carboxylic acids is 1. The number of unbranched alkanes of at least 4 members (excludes halogenated alkanes) is 13. The van der Waals surface area contributed by atoms with Crippen molar-refractivity contribution in [1.82, 2.24) is 0 Å². The highest BCUT2D eigenvalue weighted by molar-refractivity contribution is 5.90. The van der Waals surface area contributed by atoms with Crippen LogP contribution in [0.25, 0.3) is 0 Å². The van der Waals surface area contributed by atoms with Crippen molar-refractivity contribution in [2.45, 2.75) is 110 Å². The molecular weight excluding hydrogens is 346 g/mol. The van der Waals surface area contributed by atoms with Gasteiger partial charge in [0.2, 0.25) is 5.91 Å². The third kappa shape index (κ3) is 13.6. The molecule has 0 aliphatic rings. The van der Waals surface area contributed by atoms with E-state index < -0.39 is 0 Å². The van der Waals surface area contributed by atoms with Gasteiger partial charge in [0.05, 0.1) is 6.61 Å². The number of hydrogen-bond donors (Lipinski definition) is 1. The molecule has 0 saturated carbocycles. The molecule has 1 N–H and O–H groups in total. The van der Waals surface area contributed by atoms with Crippen LogP contribution in [-0.4, -0.2) is 12.5 Å². The van der Waals surface area contributed by atoms with Gasteiger partial charge >= 0.3 is 0 Å². The third-order valence-electron chi connectivity index (χ3n) is 5.21. The monoisotopic (exact) mass is 389 g/mol. The van der Waals surface area contributed by atoms with E-state index >= 15 is 0 Å². The molecule has 0 aromatic heterocycles. The largest absolute Gasteiger partial charge is 0.494 e. The Bertz CT molecular complexity index is 484. The maximum Gasteiger partial charge on any atom is 0.224 e. The van der Waals surface area contributed by atoms with Gasteiger partial charge in [-0.15, -0.1) is 0 Å². The van der Waals surface area contributed by atoms with Crippen LogP contribution in [0.2, 0.25) is 0 Å². The van der Waals surface area contributed by atoms with Gasteiger partial charge in [0.25, 0.3) is 0 Å². The summed E-state index contributed by atoms with van der Waals surface area (Å²) in [7, 11) is 0. The van der Waals surface area contributed by atoms with E-state index in [4.69, 9.17) is 4.74 Å². The number of amides is 1. The lowest BCUT2D eigenvalue weighted by Gasteiger charge is -2.07. The molecule has 3 nitrogen and oxygen atoms in total. The predicted molar refractivity (Wildman–Crippen MR) is 121 cm³/mol. The molecule has 0 aliphatic carbocycles. The zero-order valence-electron chi connectivity index (χ0n) is 18.4. The number of anilines is 1. The van der Waals surface area contributed by atoms with Gasteiger partial charge in [-0.3, -0.25) is 4.79 Å². The van der Waals surface area contributed by atoms with Gasteiger partial charge in [-0.05, 0) is 37.6 Å². The van der Waals surface area contributed by atoms with E-state index in [1.807, 2.05) is 31.2 Å². The van der Waals surface area contributed by atoms with Gasteiger partial charge in [0, 0.05) is 12.1 Å². The van der Waals surface area contributed by atoms with Crippen molar-refractivity contribution >= 4 is 11.6 Å². The smallest absolute Gasteiger partial charge is 0.224 e. The molecule has 1 aromatic rings. The first-order valence-corrected chi connectivity index (χ1v) is 11.8. The van der Waals surface area contributed by atoms with Crippen LogP contribution in [0.5, 0.6) is 5.75 Å². The summed E-state index contributed by atoms with van der Waals surface area (Å²) in [6, 6.07) is 7.58. The van der Waals surface area contributed by atoms with Crippen LogP contribution in [0.15, 0.2) is 24.3 Å². The molecule has 1 aromatic carbocycles. The lowest BCUT2D eigenvalue weighted by Crippen LogP contribution is -2.10. The Morgan fingerprint density at radius 1 is 0.714 bits per heavy atom. The summed E-state index contributed by atoms with van der Waals surface area (Å²) in [5.74, 6) is 0.954. The van der Waals surface area contributed by atoms with Crippen LogP contribution >= 0.6 is 0 Å². The predicted octanol–water partition coefficient (Wildman–Crippen LogP) is 7.90. The lowest BCUT2D eigenvalue weighted by molar-refractivity contribution is -0.116. The third-order valence-corrected chi connectivity index (χ3v) is 5.21. The van der Waals surface area contributed by atoms with E-state index in [1.54, 1.807) is 0 Å². The molecule has 0 heterocycles. The second-order valence-corrected chi connectivity index (χ2v) is 7.85. The zero-order chi connectivity index (χ0) is 20.3. The summed E-state index contributed by atoms with van der Waals surface area (Å²) in [5.41, 5.74) is 0.846. The van der Waals surface area contributed by atoms with Gasteiger partial charge in [0.1, 0.15) is 5.75 Å². The Labute approximate surface area is 173 Å². The molecule has 0 saturated heterocycles. The van der Waals surface area contributed by atoms with Gasteiger partial charge in [-0.2, -0.15) is 0 Å². The Balaban J connectivity index is 1.88. The quantitative estimate of drug-likeness (QED) is 0.259. The Morgan fingerprint density at radius 2 is 1.18 bits per heavy atom. The van der Waals surface area contributed by atoms with Crippen molar-refractivity contribution in [1.29, 1.82) is 0 Å². The van der Waals surface area contributed by atoms with E-state index in [9.17, 15) is 4.79 Å². The van der Waals surface area contributed by atoms with Crippen LogP contribution in [0.3, 0.4) is 0 Å². The van der Waals surface area contributed by atoms with E-state index in [-0.39, 0.29) is 5.91 Å². The topological polar surface area (TPSA) is 38.3 Å². The van der Waals surface area contributed by atoms with E-state index in [0.717, 1.165) is 24.3 Å². The van der Waals surface area contributed by atoms with Crippen LogP contribution in [0.1, 0.15) is 110 Å². The standard InChI is InChI=1S/C25H43NO2/c1-3-5-6-7-8-9-10-11-12-13-14-15-16-17-18-25(27)26-23-19-21-24(22-20-23)28-4-2/h19-22H,3-18H2,1-2H3,(H,26,27). The number of ether oxygens (including phenoxy) is 1. The first-order valence-electron chi connectivity index (χ1n) is 11.8.